The van der Waals surface area contributed by atoms with Crippen molar-refractivity contribution in [3.63, 3.8) is 0 Å². The molecule has 0 bridgehead atoms. The third-order valence-corrected chi connectivity index (χ3v) is 10.3. The van der Waals surface area contributed by atoms with Crippen molar-refractivity contribution in [1.82, 2.24) is 9.79 Å². The van der Waals surface area contributed by atoms with Gasteiger partial charge in [-0.25, -0.2) is 18.2 Å². The predicted octanol–water partition coefficient (Wildman–Crippen LogP) is 3.93. The van der Waals surface area contributed by atoms with Crippen molar-refractivity contribution >= 4 is 27.7 Å². The SMILES string of the molecule is CCCCOc1ccc(C2CCCCN(S(=O)(=O)C3(C(=O)NO)CCSCC3)CC2)cc1. The number of carbonyl (C=O) groups excluding carboxylic acids is 1. The maximum absolute atomic E-state index is 13.7. The van der Waals surface area contributed by atoms with Crippen molar-refractivity contribution in [3.8, 4) is 5.75 Å². The molecule has 9 heteroatoms. The zero-order chi connectivity index (χ0) is 23.0. The van der Waals surface area contributed by atoms with Crippen molar-refractivity contribution < 1.29 is 23.2 Å². The number of benzene rings is 1. The minimum Gasteiger partial charge on any atom is -0.494 e. The summed E-state index contributed by atoms with van der Waals surface area (Å²) in [4.78, 5) is 12.6. The van der Waals surface area contributed by atoms with E-state index in [-0.39, 0.29) is 18.8 Å². The van der Waals surface area contributed by atoms with Crippen LogP contribution in [-0.4, -0.2) is 59.8 Å². The molecule has 2 heterocycles. The van der Waals surface area contributed by atoms with Crippen molar-refractivity contribution in [1.29, 1.82) is 0 Å². The summed E-state index contributed by atoms with van der Waals surface area (Å²) in [6.45, 7) is 3.66. The van der Waals surface area contributed by atoms with Crippen LogP contribution >= 0.6 is 11.8 Å². The number of hydrogen-bond donors (Lipinski definition) is 2. The summed E-state index contributed by atoms with van der Waals surface area (Å²) in [5.41, 5.74) is 2.84. The van der Waals surface area contributed by atoms with E-state index in [0.29, 0.717) is 37.6 Å². The number of carbonyl (C=O) groups is 1. The molecule has 2 aliphatic heterocycles. The van der Waals surface area contributed by atoms with Crippen LogP contribution in [0.4, 0.5) is 0 Å². The molecular formula is C23H36N2O5S2. The highest BCUT2D eigenvalue weighted by Crippen LogP contribution is 2.38. The molecule has 1 atom stereocenters. The Hall–Kier alpha value is -1.29. The summed E-state index contributed by atoms with van der Waals surface area (Å²) in [6.07, 6.45) is 6.00. The van der Waals surface area contributed by atoms with Crippen LogP contribution in [0, 0.1) is 0 Å². The largest absolute Gasteiger partial charge is 0.494 e. The minimum absolute atomic E-state index is 0.228. The molecule has 3 rings (SSSR count). The van der Waals surface area contributed by atoms with Gasteiger partial charge >= 0.3 is 0 Å². The van der Waals surface area contributed by atoms with Crippen LogP contribution in [0.2, 0.25) is 0 Å². The predicted molar refractivity (Wildman–Crippen MR) is 128 cm³/mol. The van der Waals surface area contributed by atoms with Crippen molar-refractivity contribution in [2.75, 3.05) is 31.2 Å². The number of sulfonamides is 1. The van der Waals surface area contributed by atoms with Gasteiger partial charge in [-0.2, -0.15) is 11.8 Å². The second-order valence-electron chi connectivity index (χ2n) is 8.70. The smallest absolute Gasteiger partial charge is 0.266 e. The summed E-state index contributed by atoms with van der Waals surface area (Å²) in [5.74, 6) is 1.52. The fourth-order valence-electron chi connectivity index (χ4n) is 4.63. The van der Waals surface area contributed by atoms with Crippen LogP contribution in [0.25, 0.3) is 0 Å². The Labute approximate surface area is 196 Å². The van der Waals surface area contributed by atoms with Gasteiger partial charge in [0.2, 0.25) is 10.0 Å². The quantitative estimate of drug-likeness (QED) is 0.330. The summed E-state index contributed by atoms with van der Waals surface area (Å²) >= 11 is 1.65. The molecule has 1 unspecified atom stereocenters. The maximum atomic E-state index is 13.7. The summed E-state index contributed by atoms with van der Waals surface area (Å²) in [7, 11) is -3.89. The number of nitrogens with one attached hydrogen (secondary N) is 1. The first-order valence-electron chi connectivity index (χ1n) is 11.7. The van der Waals surface area contributed by atoms with Crippen molar-refractivity contribution in [2.45, 2.75) is 69.0 Å². The zero-order valence-corrected chi connectivity index (χ0v) is 20.6. The second kappa shape index (κ2) is 11.7. The maximum Gasteiger partial charge on any atom is 0.266 e. The van der Waals surface area contributed by atoms with Crippen LogP contribution in [-0.2, 0) is 14.8 Å². The normalized spacial score (nSPS) is 22.5. The summed E-state index contributed by atoms with van der Waals surface area (Å²) < 4.78 is 33.0. The lowest BCUT2D eigenvalue weighted by molar-refractivity contribution is -0.132. The standard InChI is InChI=1S/C23H36N2O5S2/c1-2-3-16-30-21-9-7-20(8-10-21)19-6-4-5-14-25(15-11-19)32(28,29)23(22(26)24-27)12-17-31-18-13-23/h7-10,19,27H,2-6,11-18H2,1H3,(H,24,26). The molecule has 0 aliphatic carbocycles. The van der Waals surface area contributed by atoms with Crippen molar-refractivity contribution in [2.24, 2.45) is 0 Å². The number of unbranched alkanes of at least 4 members (excludes halogenated alkanes) is 1. The molecule has 2 saturated heterocycles. The Balaban J connectivity index is 1.72. The summed E-state index contributed by atoms with van der Waals surface area (Å²) in [6, 6.07) is 8.17. The van der Waals surface area contributed by atoms with Gasteiger partial charge in [-0.1, -0.05) is 31.9 Å². The van der Waals surface area contributed by atoms with Crippen LogP contribution in [0.1, 0.15) is 69.8 Å². The lowest BCUT2D eigenvalue weighted by Gasteiger charge is -2.39. The van der Waals surface area contributed by atoms with E-state index < -0.39 is 20.7 Å². The Morgan fingerprint density at radius 2 is 1.91 bits per heavy atom. The molecule has 32 heavy (non-hydrogen) atoms. The van der Waals surface area contributed by atoms with Gasteiger partial charge in [-0.05, 0) is 73.6 Å². The van der Waals surface area contributed by atoms with Gasteiger partial charge in [0, 0.05) is 13.1 Å². The fourth-order valence-corrected chi connectivity index (χ4v) is 8.29. The molecule has 7 nitrogen and oxygen atoms in total. The number of hydrogen-bond acceptors (Lipinski definition) is 6. The topological polar surface area (TPSA) is 95.9 Å². The van der Waals surface area contributed by atoms with E-state index in [2.05, 4.69) is 19.1 Å². The Kier molecular flexibility index (Phi) is 9.28. The Bertz CT molecular complexity index is 838. The van der Waals surface area contributed by atoms with Crippen LogP contribution in [0.5, 0.6) is 5.75 Å². The highest BCUT2D eigenvalue weighted by atomic mass is 32.2. The first-order valence-corrected chi connectivity index (χ1v) is 14.3. The Morgan fingerprint density at radius 1 is 1.19 bits per heavy atom. The second-order valence-corrected chi connectivity index (χ2v) is 12.2. The molecule has 1 aromatic rings. The molecule has 2 fully saturated rings. The third kappa shape index (κ3) is 5.61. The third-order valence-electron chi connectivity index (χ3n) is 6.70. The monoisotopic (exact) mass is 484 g/mol. The minimum atomic E-state index is -3.89. The van der Waals surface area contributed by atoms with E-state index in [1.54, 1.807) is 17.2 Å². The van der Waals surface area contributed by atoms with Crippen LogP contribution in [0.3, 0.4) is 0 Å². The van der Waals surface area contributed by atoms with E-state index >= 15 is 0 Å². The molecule has 0 radical (unpaired) electrons. The van der Waals surface area contributed by atoms with Crippen LogP contribution in [0.15, 0.2) is 24.3 Å². The Morgan fingerprint density at radius 3 is 2.56 bits per heavy atom. The van der Waals surface area contributed by atoms with E-state index in [0.717, 1.165) is 37.9 Å². The highest BCUT2D eigenvalue weighted by Gasteiger charge is 2.53. The average molecular weight is 485 g/mol. The van der Waals surface area contributed by atoms with Crippen molar-refractivity contribution in [3.05, 3.63) is 29.8 Å². The van der Waals surface area contributed by atoms with Gasteiger partial charge in [-0.3, -0.25) is 10.0 Å². The van der Waals surface area contributed by atoms with Gasteiger partial charge < -0.3 is 4.74 Å². The van der Waals surface area contributed by atoms with Gasteiger partial charge in [-0.15, -0.1) is 0 Å². The molecule has 0 spiro atoms. The van der Waals surface area contributed by atoms with E-state index in [1.807, 2.05) is 12.1 Å². The number of hydroxylamine groups is 1. The zero-order valence-electron chi connectivity index (χ0n) is 18.9. The molecule has 0 aromatic heterocycles. The molecule has 0 saturated carbocycles. The lowest BCUT2D eigenvalue weighted by atomic mass is 9.89. The van der Waals surface area contributed by atoms with Crippen LogP contribution < -0.4 is 10.2 Å². The lowest BCUT2D eigenvalue weighted by Crippen LogP contribution is -2.59. The molecule has 2 N–H and O–H groups in total. The number of ether oxygens (including phenoxy) is 1. The summed E-state index contributed by atoms with van der Waals surface area (Å²) in [5, 5.41) is 9.30. The van der Waals surface area contributed by atoms with E-state index in [4.69, 9.17) is 4.74 Å². The average Bonchev–Trinajstić information content (AvgIpc) is 2.79. The molecule has 1 amide bonds. The highest BCUT2D eigenvalue weighted by molar-refractivity contribution is 7.99. The number of rotatable bonds is 8. The number of amides is 1. The molecular weight excluding hydrogens is 448 g/mol. The molecule has 1 aromatic carbocycles. The number of thioether (sulfide) groups is 1. The fraction of sp³-hybridized carbons (Fsp3) is 0.696. The van der Waals surface area contributed by atoms with Gasteiger partial charge in [0.15, 0.2) is 4.75 Å². The van der Waals surface area contributed by atoms with Gasteiger partial charge in [0.25, 0.3) is 5.91 Å². The van der Waals surface area contributed by atoms with Gasteiger partial charge in [0.1, 0.15) is 5.75 Å². The first kappa shape index (κ1) is 25.3. The first-order chi connectivity index (χ1) is 15.4. The number of nitrogens with zero attached hydrogens (tertiary/aromatic N) is 1. The molecule has 180 valence electrons. The van der Waals surface area contributed by atoms with E-state index in [1.165, 1.54) is 9.87 Å². The van der Waals surface area contributed by atoms with E-state index in [9.17, 15) is 18.4 Å². The van der Waals surface area contributed by atoms with Gasteiger partial charge in [0.05, 0.1) is 6.61 Å². The molecule has 2 aliphatic rings.